The number of nitrogens with one attached hydrogen (secondary N) is 2. The van der Waals surface area contributed by atoms with Crippen LogP contribution in [0.25, 0.3) is 0 Å². The lowest BCUT2D eigenvalue weighted by Gasteiger charge is -2.38. The number of rotatable bonds is 6. The minimum atomic E-state index is -0.323. The second kappa shape index (κ2) is 10.3. The van der Waals surface area contributed by atoms with E-state index in [2.05, 4.69) is 15.6 Å². The van der Waals surface area contributed by atoms with Crippen molar-refractivity contribution in [3.05, 3.63) is 81.7 Å². The number of carbonyl (C=O) groups excluding carboxylic acids is 2. The summed E-state index contributed by atoms with van der Waals surface area (Å²) in [5.74, 6) is -0.740. The first kappa shape index (κ1) is 23.6. The van der Waals surface area contributed by atoms with Gasteiger partial charge in [-0.1, -0.05) is 12.1 Å². The number of aryl methyl sites for hydroxylation is 1. The minimum Gasteiger partial charge on any atom is -0.381 e. The number of ether oxygens (including phenoxy) is 1. The molecule has 6 nitrogen and oxygen atoms in total. The fraction of sp³-hybridized carbons (Fsp3) is 0.370. The molecule has 1 saturated heterocycles. The van der Waals surface area contributed by atoms with Crippen molar-refractivity contribution in [1.29, 1.82) is 0 Å². The van der Waals surface area contributed by atoms with Crippen molar-refractivity contribution in [2.24, 2.45) is 0 Å². The molecular weight excluding hydrogens is 465 g/mol. The Labute approximate surface area is 207 Å². The highest BCUT2D eigenvalue weighted by Crippen LogP contribution is 2.39. The van der Waals surface area contributed by atoms with Crippen LogP contribution in [0.1, 0.15) is 62.4 Å². The van der Waals surface area contributed by atoms with Crippen molar-refractivity contribution in [3.63, 3.8) is 0 Å². The van der Waals surface area contributed by atoms with Crippen molar-refractivity contribution < 1.29 is 18.7 Å². The van der Waals surface area contributed by atoms with E-state index in [0.717, 1.165) is 49.7 Å². The topological polar surface area (TPSA) is 80.3 Å². The van der Waals surface area contributed by atoms with Gasteiger partial charge in [0.05, 0.1) is 11.1 Å². The van der Waals surface area contributed by atoms with Crippen molar-refractivity contribution in [2.75, 3.05) is 25.1 Å². The maximum Gasteiger partial charge on any atom is 0.257 e. The van der Waals surface area contributed by atoms with Crippen LogP contribution in [0.4, 0.5) is 9.39 Å². The van der Waals surface area contributed by atoms with E-state index in [4.69, 9.17) is 4.74 Å². The maximum absolute atomic E-state index is 13.6. The summed E-state index contributed by atoms with van der Waals surface area (Å²) in [5, 5.41) is 6.72. The summed E-state index contributed by atoms with van der Waals surface area (Å²) in [7, 11) is 0. The number of carbonyl (C=O) groups is 2. The molecule has 0 radical (unpaired) electrons. The third-order valence-electron chi connectivity index (χ3n) is 7.04. The van der Waals surface area contributed by atoms with Gasteiger partial charge in [-0.05, 0) is 73.9 Å². The third kappa shape index (κ3) is 4.99. The molecule has 182 valence electrons. The number of aromatic nitrogens is 1. The Morgan fingerprint density at radius 2 is 1.83 bits per heavy atom. The Morgan fingerprint density at radius 1 is 1.06 bits per heavy atom. The number of hydrogen-bond acceptors (Lipinski definition) is 5. The van der Waals surface area contributed by atoms with E-state index in [0.29, 0.717) is 35.9 Å². The van der Waals surface area contributed by atoms with Gasteiger partial charge in [-0.25, -0.2) is 4.39 Å². The second-order valence-electron chi connectivity index (χ2n) is 9.19. The van der Waals surface area contributed by atoms with E-state index in [1.807, 2.05) is 0 Å². The van der Waals surface area contributed by atoms with Crippen LogP contribution >= 0.6 is 11.3 Å². The summed E-state index contributed by atoms with van der Waals surface area (Å²) in [6.45, 7) is 1.60. The number of thiophene rings is 1. The van der Waals surface area contributed by atoms with Crippen LogP contribution in [0, 0.1) is 5.82 Å². The molecule has 0 bridgehead atoms. The highest BCUT2D eigenvalue weighted by Gasteiger charge is 2.36. The van der Waals surface area contributed by atoms with Gasteiger partial charge in [0.1, 0.15) is 10.8 Å². The summed E-state index contributed by atoms with van der Waals surface area (Å²) in [6, 6.07) is 9.96. The zero-order chi connectivity index (χ0) is 24.3. The van der Waals surface area contributed by atoms with Crippen molar-refractivity contribution >= 4 is 28.2 Å². The highest BCUT2D eigenvalue weighted by molar-refractivity contribution is 7.17. The van der Waals surface area contributed by atoms with Crippen LogP contribution in [0.2, 0.25) is 0 Å². The van der Waals surface area contributed by atoms with Gasteiger partial charge >= 0.3 is 0 Å². The smallest absolute Gasteiger partial charge is 0.257 e. The summed E-state index contributed by atoms with van der Waals surface area (Å²) in [5.41, 5.74) is 2.74. The molecule has 2 N–H and O–H groups in total. The van der Waals surface area contributed by atoms with Gasteiger partial charge in [0.25, 0.3) is 11.8 Å². The van der Waals surface area contributed by atoms with Crippen LogP contribution in [-0.2, 0) is 23.0 Å². The van der Waals surface area contributed by atoms with Gasteiger partial charge in [0.2, 0.25) is 0 Å². The summed E-state index contributed by atoms with van der Waals surface area (Å²) >= 11 is 1.50. The standard InChI is InChI=1S/C27H28FN3O3S/c28-20-9-7-19(8-10-20)27(11-14-34-15-12-27)17-30-25(33)23-21-5-1-2-6-22(21)35-26(23)31-24(32)18-4-3-13-29-16-18/h3-4,7-10,13,16H,1-2,5-6,11-12,14-15,17H2,(H,30,33)(H,31,32). The monoisotopic (exact) mass is 493 g/mol. The van der Waals surface area contributed by atoms with Gasteiger partial charge in [-0.2, -0.15) is 0 Å². The lowest BCUT2D eigenvalue weighted by molar-refractivity contribution is 0.0487. The number of amides is 2. The van der Waals surface area contributed by atoms with E-state index in [9.17, 15) is 14.0 Å². The molecule has 1 aromatic carbocycles. The number of benzene rings is 1. The molecule has 2 aliphatic rings. The SMILES string of the molecule is O=C(Nc1sc2c(c1C(=O)NCC1(c3ccc(F)cc3)CCOCC1)CCCC2)c1cccnc1. The fourth-order valence-electron chi connectivity index (χ4n) is 5.04. The average Bonchev–Trinajstić information content (AvgIpc) is 3.26. The Kier molecular flexibility index (Phi) is 6.92. The van der Waals surface area contributed by atoms with E-state index < -0.39 is 0 Å². The number of hydrogen-bond donors (Lipinski definition) is 2. The van der Waals surface area contributed by atoms with Crippen molar-refractivity contribution in [1.82, 2.24) is 10.3 Å². The number of anilines is 1. The molecule has 8 heteroatoms. The number of nitrogens with zero attached hydrogens (tertiary/aromatic N) is 1. The number of fused-ring (bicyclic) bond motifs is 1. The minimum absolute atomic E-state index is 0.182. The van der Waals surface area contributed by atoms with Crippen LogP contribution in [-0.4, -0.2) is 36.6 Å². The molecule has 3 aromatic rings. The number of halogens is 1. The van der Waals surface area contributed by atoms with Crippen LogP contribution in [0.15, 0.2) is 48.8 Å². The van der Waals surface area contributed by atoms with Gasteiger partial charge in [0.15, 0.2) is 0 Å². The molecule has 1 aliphatic heterocycles. The lowest BCUT2D eigenvalue weighted by atomic mass is 9.74. The van der Waals surface area contributed by atoms with Gasteiger partial charge < -0.3 is 15.4 Å². The molecule has 1 aliphatic carbocycles. The van der Waals surface area contributed by atoms with Gasteiger partial charge in [0, 0.05) is 42.4 Å². The molecule has 0 spiro atoms. The van der Waals surface area contributed by atoms with E-state index in [1.54, 1.807) is 30.5 Å². The zero-order valence-corrected chi connectivity index (χ0v) is 20.3. The molecule has 3 heterocycles. The van der Waals surface area contributed by atoms with E-state index in [-0.39, 0.29) is 23.0 Å². The first-order valence-electron chi connectivity index (χ1n) is 12.0. The Hall–Kier alpha value is -3.10. The van der Waals surface area contributed by atoms with Crippen molar-refractivity contribution in [2.45, 2.75) is 43.9 Å². The van der Waals surface area contributed by atoms with E-state index >= 15 is 0 Å². The number of pyridine rings is 1. The predicted molar refractivity (Wildman–Crippen MR) is 134 cm³/mol. The lowest BCUT2D eigenvalue weighted by Crippen LogP contribution is -2.44. The summed E-state index contributed by atoms with van der Waals surface area (Å²) < 4.78 is 19.2. The molecule has 0 atom stereocenters. The van der Waals surface area contributed by atoms with E-state index in [1.165, 1.54) is 34.5 Å². The highest BCUT2D eigenvalue weighted by atomic mass is 32.1. The quantitative estimate of drug-likeness (QED) is 0.512. The average molecular weight is 494 g/mol. The molecule has 1 fully saturated rings. The van der Waals surface area contributed by atoms with Crippen LogP contribution in [0.3, 0.4) is 0 Å². The Bertz CT molecular complexity index is 1200. The maximum atomic E-state index is 13.6. The second-order valence-corrected chi connectivity index (χ2v) is 10.3. The Morgan fingerprint density at radius 3 is 2.57 bits per heavy atom. The molecular formula is C27H28FN3O3S. The van der Waals surface area contributed by atoms with Crippen LogP contribution < -0.4 is 10.6 Å². The van der Waals surface area contributed by atoms with Crippen molar-refractivity contribution in [3.8, 4) is 0 Å². The molecule has 0 saturated carbocycles. The van der Waals surface area contributed by atoms with Gasteiger partial charge in [-0.15, -0.1) is 11.3 Å². The molecule has 5 rings (SSSR count). The zero-order valence-electron chi connectivity index (χ0n) is 19.4. The van der Waals surface area contributed by atoms with Crippen LogP contribution in [0.5, 0.6) is 0 Å². The first-order valence-corrected chi connectivity index (χ1v) is 12.9. The third-order valence-corrected chi connectivity index (χ3v) is 8.25. The molecule has 35 heavy (non-hydrogen) atoms. The normalized spacial score (nSPS) is 16.8. The van der Waals surface area contributed by atoms with Gasteiger partial charge in [-0.3, -0.25) is 14.6 Å². The first-order chi connectivity index (χ1) is 17.1. The summed E-state index contributed by atoms with van der Waals surface area (Å²) in [6.07, 6.45) is 8.47. The largest absolute Gasteiger partial charge is 0.381 e. The summed E-state index contributed by atoms with van der Waals surface area (Å²) in [4.78, 5) is 31.7. The fourth-order valence-corrected chi connectivity index (χ4v) is 6.32. The Balaban J connectivity index is 1.40. The predicted octanol–water partition coefficient (Wildman–Crippen LogP) is 4.89. The molecule has 0 unspecified atom stereocenters. The molecule has 2 amide bonds. The molecule has 2 aromatic heterocycles.